The van der Waals surface area contributed by atoms with Crippen LogP contribution in [0.2, 0.25) is 10.0 Å². The van der Waals surface area contributed by atoms with Crippen molar-refractivity contribution in [1.82, 2.24) is 29.2 Å². The molecular formula is C28H14Cl2N6O2S2. The van der Waals surface area contributed by atoms with Crippen molar-refractivity contribution in [2.24, 2.45) is 0 Å². The van der Waals surface area contributed by atoms with Crippen molar-refractivity contribution < 1.29 is 0 Å². The van der Waals surface area contributed by atoms with Gasteiger partial charge >= 0.3 is 0 Å². The minimum atomic E-state index is -0.266. The lowest BCUT2D eigenvalue weighted by Gasteiger charge is -1.98. The van der Waals surface area contributed by atoms with Crippen LogP contribution in [0, 0.1) is 0 Å². The zero-order chi connectivity index (χ0) is 27.4. The molecule has 0 radical (unpaired) electrons. The van der Waals surface area contributed by atoms with E-state index in [0.717, 1.165) is 11.1 Å². The summed E-state index contributed by atoms with van der Waals surface area (Å²) in [5.41, 5.74) is 2.36. The molecule has 0 bridgehead atoms. The Balaban J connectivity index is 1.24. The molecule has 0 N–H and O–H groups in total. The lowest BCUT2D eigenvalue weighted by molar-refractivity contribution is 0.935. The zero-order valence-electron chi connectivity index (χ0n) is 20.2. The average Bonchev–Trinajstić information content (AvgIpc) is 3.70. The first-order valence-corrected chi connectivity index (χ1v) is 14.3. The van der Waals surface area contributed by atoms with Crippen LogP contribution in [0.3, 0.4) is 0 Å². The van der Waals surface area contributed by atoms with Gasteiger partial charge in [0.2, 0.25) is 9.92 Å². The Morgan fingerprint density at radius 3 is 1.50 bits per heavy atom. The van der Waals surface area contributed by atoms with Gasteiger partial charge in [0, 0.05) is 21.2 Å². The van der Waals surface area contributed by atoms with Gasteiger partial charge in [0.1, 0.15) is 0 Å². The number of rotatable bonds is 4. The fraction of sp³-hybridized carbons (Fsp3) is 0. The molecule has 8 nitrogen and oxygen atoms in total. The minimum absolute atomic E-state index is 0.266. The van der Waals surface area contributed by atoms with Crippen LogP contribution in [0.15, 0.2) is 82.4 Å². The SMILES string of the molecule is O=c1/c(=C\c2ccccc2Cl)sc2nc(-c3cccc(-c4nc5s/c(=C/c6ccccc6Cl)c(=O)n5n4)c3)nn12. The molecular weight excluding hydrogens is 587 g/mol. The van der Waals surface area contributed by atoms with Crippen LogP contribution in [0.25, 0.3) is 44.8 Å². The number of benzene rings is 3. The van der Waals surface area contributed by atoms with Crippen molar-refractivity contribution in [2.45, 2.75) is 0 Å². The normalized spacial score (nSPS) is 12.8. The Labute approximate surface area is 242 Å². The van der Waals surface area contributed by atoms with Crippen LogP contribution in [0.1, 0.15) is 11.1 Å². The fourth-order valence-corrected chi connectivity index (χ4v) is 6.35. The van der Waals surface area contributed by atoms with Gasteiger partial charge in [0.25, 0.3) is 11.1 Å². The van der Waals surface area contributed by atoms with Crippen LogP contribution >= 0.6 is 45.9 Å². The predicted molar refractivity (Wildman–Crippen MR) is 159 cm³/mol. The summed E-state index contributed by atoms with van der Waals surface area (Å²) in [5.74, 6) is 0.799. The van der Waals surface area contributed by atoms with E-state index in [4.69, 9.17) is 23.2 Å². The second kappa shape index (κ2) is 9.76. The highest BCUT2D eigenvalue weighted by atomic mass is 35.5. The molecule has 4 aromatic heterocycles. The van der Waals surface area contributed by atoms with Gasteiger partial charge in [-0.3, -0.25) is 9.59 Å². The van der Waals surface area contributed by atoms with E-state index >= 15 is 0 Å². The van der Waals surface area contributed by atoms with E-state index in [-0.39, 0.29) is 11.1 Å². The molecule has 0 unspecified atom stereocenters. The Hall–Kier alpha value is -4.22. The standard InChI is InChI=1S/C28H14Cl2N6O2S2/c29-19-10-3-1-6-15(19)13-21-25(37)35-27(39-21)31-23(33-35)17-8-5-9-18(12-17)24-32-28-36(34-24)26(38)22(40-28)14-16-7-2-4-11-20(16)30/h1-14H/b21-13+,22-14+. The van der Waals surface area contributed by atoms with Gasteiger partial charge in [-0.1, -0.05) is 100 Å². The molecule has 7 aromatic rings. The molecule has 0 atom stereocenters. The molecule has 0 saturated heterocycles. The summed E-state index contributed by atoms with van der Waals surface area (Å²) < 4.78 is 3.57. The number of hydrogen-bond donors (Lipinski definition) is 0. The highest BCUT2D eigenvalue weighted by Crippen LogP contribution is 2.24. The molecule has 3 aromatic carbocycles. The van der Waals surface area contributed by atoms with Gasteiger partial charge in [0.15, 0.2) is 11.6 Å². The highest BCUT2D eigenvalue weighted by Gasteiger charge is 2.16. The van der Waals surface area contributed by atoms with Gasteiger partial charge < -0.3 is 0 Å². The molecule has 0 fully saturated rings. The third kappa shape index (κ3) is 4.31. The third-order valence-corrected chi connectivity index (χ3v) is 8.73. The van der Waals surface area contributed by atoms with Crippen molar-refractivity contribution in [2.75, 3.05) is 0 Å². The molecule has 4 heterocycles. The van der Waals surface area contributed by atoms with Gasteiger partial charge in [0.05, 0.1) is 9.06 Å². The third-order valence-electron chi connectivity index (χ3n) is 6.13. The van der Waals surface area contributed by atoms with Crippen molar-refractivity contribution in [3.63, 3.8) is 0 Å². The number of thiazole rings is 2. The van der Waals surface area contributed by atoms with E-state index in [1.165, 1.54) is 31.7 Å². The molecule has 0 aliphatic heterocycles. The second-order valence-electron chi connectivity index (χ2n) is 8.72. The minimum Gasteiger partial charge on any atom is -0.266 e. The summed E-state index contributed by atoms with van der Waals surface area (Å²) in [5, 5.41) is 10.0. The molecule has 40 heavy (non-hydrogen) atoms. The van der Waals surface area contributed by atoms with E-state index in [0.29, 0.717) is 51.8 Å². The van der Waals surface area contributed by atoms with Crippen molar-refractivity contribution in [1.29, 1.82) is 0 Å². The number of fused-ring (bicyclic) bond motifs is 2. The molecule has 194 valence electrons. The summed E-state index contributed by atoms with van der Waals surface area (Å²) in [6.45, 7) is 0. The maximum Gasteiger partial charge on any atom is 0.291 e. The monoisotopic (exact) mass is 600 g/mol. The van der Waals surface area contributed by atoms with E-state index < -0.39 is 0 Å². The first-order chi connectivity index (χ1) is 19.4. The van der Waals surface area contributed by atoms with Crippen molar-refractivity contribution in [3.05, 3.63) is 124 Å². The first kappa shape index (κ1) is 24.8. The van der Waals surface area contributed by atoms with E-state index in [1.807, 2.05) is 60.7 Å². The summed E-state index contributed by atoms with van der Waals surface area (Å²) >= 11 is 15.0. The fourth-order valence-electron chi connectivity index (χ4n) is 4.18. The molecule has 0 spiro atoms. The molecule has 0 amide bonds. The summed E-state index contributed by atoms with van der Waals surface area (Å²) in [6.07, 6.45) is 3.48. The van der Waals surface area contributed by atoms with Crippen molar-refractivity contribution in [3.8, 4) is 22.8 Å². The summed E-state index contributed by atoms with van der Waals surface area (Å²) in [6, 6.07) is 22.0. The maximum atomic E-state index is 13.0. The Bertz CT molecular complexity index is 2160. The molecule has 0 saturated carbocycles. The number of hydrogen-bond acceptors (Lipinski definition) is 8. The maximum absolute atomic E-state index is 13.0. The second-order valence-corrected chi connectivity index (χ2v) is 11.5. The van der Waals surface area contributed by atoms with Gasteiger partial charge in [-0.15, -0.1) is 10.2 Å². The molecule has 0 aliphatic rings. The largest absolute Gasteiger partial charge is 0.291 e. The highest BCUT2D eigenvalue weighted by molar-refractivity contribution is 7.15. The quantitative estimate of drug-likeness (QED) is 0.298. The zero-order valence-corrected chi connectivity index (χ0v) is 23.3. The van der Waals surface area contributed by atoms with Gasteiger partial charge in [-0.2, -0.15) is 19.0 Å². The van der Waals surface area contributed by atoms with Gasteiger partial charge in [-0.05, 0) is 41.5 Å². The molecule has 0 aliphatic carbocycles. The molecule has 7 rings (SSSR count). The van der Waals surface area contributed by atoms with E-state index in [1.54, 1.807) is 24.3 Å². The van der Waals surface area contributed by atoms with E-state index in [2.05, 4.69) is 20.2 Å². The average molecular weight is 602 g/mol. The lowest BCUT2D eigenvalue weighted by Crippen LogP contribution is -2.23. The van der Waals surface area contributed by atoms with Crippen LogP contribution in [-0.2, 0) is 0 Å². The van der Waals surface area contributed by atoms with E-state index in [9.17, 15) is 9.59 Å². The van der Waals surface area contributed by atoms with Crippen LogP contribution in [0.4, 0.5) is 0 Å². The topological polar surface area (TPSA) is 94.5 Å². The smallest absolute Gasteiger partial charge is 0.266 e. The number of aromatic nitrogens is 6. The number of halogens is 2. The summed E-state index contributed by atoms with van der Waals surface area (Å²) in [4.78, 5) is 36.1. The lowest BCUT2D eigenvalue weighted by atomic mass is 10.1. The number of nitrogens with zero attached hydrogens (tertiary/aromatic N) is 6. The Kier molecular flexibility index (Phi) is 6.05. The van der Waals surface area contributed by atoms with Gasteiger partial charge in [-0.25, -0.2) is 0 Å². The first-order valence-electron chi connectivity index (χ1n) is 11.9. The Morgan fingerprint density at radius 2 is 1.07 bits per heavy atom. The van der Waals surface area contributed by atoms with Crippen LogP contribution in [0.5, 0.6) is 0 Å². The van der Waals surface area contributed by atoms with Crippen LogP contribution in [-0.4, -0.2) is 29.2 Å². The van der Waals surface area contributed by atoms with Crippen molar-refractivity contribution >= 4 is 67.9 Å². The molecule has 12 heteroatoms. The summed E-state index contributed by atoms with van der Waals surface area (Å²) in [7, 11) is 0. The Morgan fingerprint density at radius 1 is 0.625 bits per heavy atom. The van der Waals surface area contributed by atoms with Crippen LogP contribution < -0.4 is 20.2 Å². The predicted octanol–water partition coefficient (Wildman–Crippen LogP) is 4.35.